The van der Waals surface area contributed by atoms with Crippen LogP contribution >= 0.6 is 0 Å². The van der Waals surface area contributed by atoms with Crippen molar-refractivity contribution in [2.24, 2.45) is 0 Å². The molecule has 130 valence electrons. The van der Waals surface area contributed by atoms with Crippen molar-refractivity contribution in [2.45, 2.75) is 18.9 Å². The van der Waals surface area contributed by atoms with Crippen LogP contribution in [0.15, 0.2) is 51.7 Å². The highest BCUT2D eigenvalue weighted by molar-refractivity contribution is 5.73. The summed E-state index contributed by atoms with van der Waals surface area (Å²) in [6, 6.07) is 12.4. The summed E-state index contributed by atoms with van der Waals surface area (Å²) in [5, 5.41) is 0. The number of aromatic nitrogens is 1. The molecule has 0 aliphatic carbocycles. The van der Waals surface area contributed by atoms with Crippen molar-refractivity contribution < 1.29 is 13.5 Å². The Morgan fingerprint density at radius 2 is 2.20 bits per heavy atom. The molecule has 1 aliphatic heterocycles. The maximum Gasteiger partial charge on any atom is 0.417 e. The Labute approximate surface area is 144 Å². The molecule has 25 heavy (non-hydrogen) atoms. The van der Waals surface area contributed by atoms with Gasteiger partial charge in [0.2, 0.25) is 0 Å². The topological polar surface area (TPSA) is 58.5 Å². The second kappa shape index (κ2) is 6.72. The number of H-pyrrole nitrogens is 1. The molecule has 0 saturated carbocycles. The van der Waals surface area contributed by atoms with Crippen molar-refractivity contribution in [3.63, 3.8) is 0 Å². The Balaban J connectivity index is 1.39. The van der Waals surface area contributed by atoms with E-state index in [0.29, 0.717) is 23.5 Å². The Morgan fingerprint density at radius 3 is 3.08 bits per heavy atom. The molecular weight excluding hydrogens is 323 g/mol. The Hall–Kier alpha value is -2.60. The maximum absolute atomic E-state index is 13.5. The van der Waals surface area contributed by atoms with Gasteiger partial charge in [0, 0.05) is 18.7 Å². The third-order valence-corrected chi connectivity index (χ3v) is 4.64. The van der Waals surface area contributed by atoms with Gasteiger partial charge < -0.3 is 9.15 Å². The summed E-state index contributed by atoms with van der Waals surface area (Å²) in [4.78, 5) is 16.1. The maximum atomic E-state index is 13.5. The summed E-state index contributed by atoms with van der Waals surface area (Å²) < 4.78 is 24.3. The van der Waals surface area contributed by atoms with Crippen LogP contribution in [0.5, 0.6) is 5.75 Å². The number of ether oxygens (including phenoxy) is 1. The number of benzene rings is 2. The quantitative estimate of drug-likeness (QED) is 0.771. The Bertz CT molecular complexity index is 934. The van der Waals surface area contributed by atoms with Gasteiger partial charge in [-0.05, 0) is 49.2 Å². The summed E-state index contributed by atoms with van der Waals surface area (Å²) in [7, 11) is 0. The van der Waals surface area contributed by atoms with Crippen molar-refractivity contribution in [1.82, 2.24) is 9.88 Å². The highest BCUT2D eigenvalue weighted by atomic mass is 19.1. The van der Waals surface area contributed by atoms with Crippen molar-refractivity contribution in [1.29, 1.82) is 0 Å². The van der Waals surface area contributed by atoms with E-state index in [2.05, 4.69) is 9.88 Å². The minimum absolute atomic E-state index is 0.193. The number of rotatable bonds is 5. The lowest BCUT2D eigenvalue weighted by molar-refractivity contribution is 0.197. The van der Waals surface area contributed by atoms with Gasteiger partial charge in [0.05, 0.1) is 5.52 Å². The van der Waals surface area contributed by atoms with Crippen LogP contribution in [0.25, 0.3) is 11.1 Å². The van der Waals surface area contributed by atoms with Crippen LogP contribution in [0.1, 0.15) is 24.4 Å². The minimum Gasteiger partial charge on any atom is -0.492 e. The molecule has 1 saturated heterocycles. The SMILES string of the molecule is O=c1[nH]c2ccc(OCCN3CCCC3c3cccc(F)c3)cc2o1. The second-order valence-electron chi connectivity index (χ2n) is 6.27. The van der Waals surface area contributed by atoms with Gasteiger partial charge in [0.15, 0.2) is 5.58 Å². The fraction of sp³-hybridized carbons (Fsp3) is 0.316. The summed E-state index contributed by atoms with van der Waals surface area (Å²) in [5.41, 5.74) is 2.16. The van der Waals surface area contributed by atoms with E-state index >= 15 is 0 Å². The molecular formula is C19H19FN2O3. The molecule has 1 unspecified atom stereocenters. The molecule has 0 bridgehead atoms. The van der Waals surface area contributed by atoms with E-state index in [4.69, 9.17) is 9.15 Å². The molecule has 0 spiro atoms. The van der Waals surface area contributed by atoms with Crippen molar-refractivity contribution >= 4 is 11.1 Å². The van der Waals surface area contributed by atoms with E-state index in [1.165, 1.54) is 6.07 Å². The number of nitrogens with zero attached hydrogens (tertiary/aromatic N) is 1. The van der Waals surface area contributed by atoms with E-state index in [1.54, 1.807) is 24.3 Å². The van der Waals surface area contributed by atoms with Crippen LogP contribution in [0.3, 0.4) is 0 Å². The number of aromatic amines is 1. The highest BCUT2D eigenvalue weighted by Gasteiger charge is 2.25. The lowest BCUT2D eigenvalue weighted by Gasteiger charge is -2.24. The molecule has 1 aromatic heterocycles. The van der Waals surface area contributed by atoms with E-state index in [-0.39, 0.29) is 11.9 Å². The number of likely N-dealkylation sites (tertiary alicyclic amines) is 1. The molecule has 1 N–H and O–H groups in total. The Morgan fingerprint density at radius 1 is 1.28 bits per heavy atom. The third kappa shape index (κ3) is 3.44. The molecule has 4 rings (SSSR count). The van der Waals surface area contributed by atoms with E-state index in [0.717, 1.165) is 31.5 Å². The fourth-order valence-electron chi connectivity index (χ4n) is 3.48. The zero-order valence-corrected chi connectivity index (χ0v) is 13.7. The van der Waals surface area contributed by atoms with Crippen LogP contribution in [0, 0.1) is 5.82 Å². The van der Waals surface area contributed by atoms with Gasteiger partial charge in [-0.15, -0.1) is 0 Å². The summed E-state index contributed by atoms with van der Waals surface area (Å²) in [5.74, 6) is 0.000743. The van der Waals surface area contributed by atoms with Gasteiger partial charge in [0.25, 0.3) is 0 Å². The number of hydrogen-bond acceptors (Lipinski definition) is 4. The molecule has 1 atom stereocenters. The third-order valence-electron chi connectivity index (χ3n) is 4.64. The molecule has 1 fully saturated rings. The molecule has 1 aliphatic rings. The molecule has 5 nitrogen and oxygen atoms in total. The monoisotopic (exact) mass is 342 g/mol. The summed E-state index contributed by atoms with van der Waals surface area (Å²) in [6.45, 7) is 2.26. The first-order valence-electron chi connectivity index (χ1n) is 8.44. The van der Waals surface area contributed by atoms with E-state index in [1.807, 2.05) is 12.1 Å². The van der Waals surface area contributed by atoms with Gasteiger partial charge in [-0.1, -0.05) is 12.1 Å². The van der Waals surface area contributed by atoms with Gasteiger partial charge in [-0.25, -0.2) is 9.18 Å². The number of hydrogen-bond donors (Lipinski definition) is 1. The first kappa shape index (κ1) is 15.9. The molecule has 6 heteroatoms. The van der Waals surface area contributed by atoms with Crippen LogP contribution < -0.4 is 10.5 Å². The van der Waals surface area contributed by atoms with E-state index < -0.39 is 5.76 Å². The first-order chi connectivity index (χ1) is 12.2. The number of fused-ring (bicyclic) bond motifs is 1. The normalized spacial score (nSPS) is 18.0. The van der Waals surface area contributed by atoms with Crippen molar-refractivity contribution in [3.05, 3.63) is 64.4 Å². The average Bonchev–Trinajstić information content (AvgIpc) is 3.20. The van der Waals surface area contributed by atoms with E-state index in [9.17, 15) is 9.18 Å². The van der Waals surface area contributed by atoms with Gasteiger partial charge in [-0.3, -0.25) is 9.88 Å². The summed E-state index contributed by atoms with van der Waals surface area (Å²) in [6.07, 6.45) is 2.13. The van der Waals surface area contributed by atoms with Crippen LogP contribution in [0.4, 0.5) is 4.39 Å². The largest absolute Gasteiger partial charge is 0.492 e. The fourth-order valence-corrected chi connectivity index (χ4v) is 3.48. The minimum atomic E-state index is -0.470. The second-order valence-corrected chi connectivity index (χ2v) is 6.27. The molecule has 0 amide bonds. The van der Waals surface area contributed by atoms with Crippen LogP contribution in [-0.2, 0) is 0 Å². The zero-order valence-electron chi connectivity index (χ0n) is 13.7. The van der Waals surface area contributed by atoms with Crippen LogP contribution in [-0.4, -0.2) is 29.6 Å². The molecule has 3 aromatic rings. The molecule has 2 heterocycles. The van der Waals surface area contributed by atoms with Gasteiger partial charge in [-0.2, -0.15) is 0 Å². The smallest absolute Gasteiger partial charge is 0.417 e. The van der Waals surface area contributed by atoms with Crippen molar-refractivity contribution in [3.8, 4) is 5.75 Å². The lowest BCUT2D eigenvalue weighted by Crippen LogP contribution is -2.28. The zero-order chi connectivity index (χ0) is 17.2. The molecule has 0 radical (unpaired) electrons. The number of oxazole rings is 1. The summed E-state index contributed by atoms with van der Waals surface area (Å²) >= 11 is 0. The number of halogens is 1. The highest BCUT2D eigenvalue weighted by Crippen LogP contribution is 2.31. The lowest BCUT2D eigenvalue weighted by atomic mass is 10.0. The van der Waals surface area contributed by atoms with Crippen molar-refractivity contribution in [2.75, 3.05) is 19.7 Å². The Kier molecular flexibility index (Phi) is 4.28. The number of nitrogens with one attached hydrogen (secondary N) is 1. The first-order valence-corrected chi connectivity index (χ1v) is 8.44. The predicted molar refractivity (Wildman–Crippen MR) is 92.3 cm³/mol. The standard InChI is InChI=1S/C19H19FN2O3/c20-14-4-1-3-13(11-14)17-5-2-8-22(17)9-10-24-15-6-7-16-18(12-15)25-19(23)21-16/h1,3-4,6-7,11-12,17H,2,5,8-10H2,(H,21,23). The van der Waals surface area contributed by atoms with Crippen LogP contribution in [0.2, 0.25) is 0 Å². The predicted octanol–water partition coefficient (Wildman–Crippen LogP) is 3.48. The van der Waals surface area contributed by atoms with Gasteiger partial charge in [0.1, 0.15) is 18.2 Å². The van der Waals surface area contributed by atoms with Gasteiger partial charge >= 0.3 is 5.76 Å². The molecule has 2 aromatic carbocycles. The average molecular weight is 342 g/mol.